The molecular formula is C28H21NO6. The van der Waals surface area contributed by atoms with Gasteiger partial charge in [0.15, 0.2) is 28.9 Å². The predicted molar refractivity (Wildman–Crippen MR) is 126 cm³/mol. The number of phenols is 1. The van der Waals surface area contributed by atoms with Crippen LogP contribution in [0.3, 0.4) is 0 Å². The molecule has 174 valence electrons. The predicted octanol–water partition coefficient (Wildman–Crippen LogP) is 1.81. The minimum absolute atomic E-state index is 0.00428. The molecule has 0 unspecified atom stereocenters. The van der Waals surface area contributed by atoms with Gasteiger partial charge in [0.25, 0.3) is 0 Å². The Hall–Kier alpha value is -3.88. The van der Waals surface area contributed by atoms with Crippen molar-refractivity contribution in [2.24, 2.45) is 0 Å². The van der Waals surface area contributed by atoms with Crippen LogP contribution in [-0.2, 0) is 16.8 Å². The molecule has 1 saturated heterocycles. The number of hydrogen-bond acceptors (Lipinski definition) is 7. The summed E-state index contributed by atoms with van der Waals surface area (Å²) in [5.41, 5.74) is -1.21. The van der Waals surface area contributed by atoms with Crippen molar-refractivity contribution in [3.63, 3.8) is 0 Å². The van der Waals surface area contributed by atoms with Gasteiger partial charge in [-0.05, 0) is 43.2 Å². The minimum atomic E-state index is -1.57. The first-order chi connectivity index (χ1) is 16.8. The van der Waals surface area contributed by atoms with Gasteiger partial charge in [-0.25, -0.2) is 0 Å². The van der Waals surface area contributed by atoms with E-state index in [4.69, 9.17) is 4.74 Å². The normalized spacial score (nSPS) is 30.5. The Balaban J connectivity index is 1.66. The maximum absolute atomic E-state index is 13.8. The molecule has 2 aromatic rings. The molecule has 2 bridgehead atoms. The highest BCUT2D eigenvalue weighted by Crippen LogP contribution is 2.67. The van der Waals surface area contributed by atoms with E-state index < -0.39 is 46.8 Å². The van der Waals surface area contributed by atoms with Crippen LogP contribution in [0.25, 0.3) is 0 Å². The van der Waals surface area contributed by atoms with Gasteiger partial charge in [0.1, 0.15) is 11.8 Å². The highest BCUT2D eigenvalue weighted by Gasteiger charge is 2.82. The Kier molecular flexibility index (Phi) is 4.37. The zero-order valence-corrected chi connectivity index (χ0v) is 19.0. The number of phenolic OH excluding ortho intramolecular Hbond substituents is 1. The van der Waals surface area contributed by atoms with Crippen molar-refractivity contribution in [1.82, 2.24) is 0 Å². The van der Waals surface area contributed by atoms with E-state index in [-0.39, 0.29) is 33.5 Å². The second-order valence-corrected chi connectivity index (χ2v) is 9.16. The second kappa shape index (κ2) is 7.07. The molecule has 2 aliphatic carbocycles. The van der Waals surface area contributed by atoms with Gasteiger partial charge >= 0.3 is 0 Å². The molecule has 2 heterocycles. The molecule has 35 heavy (non-hydrogen) atoms. The van der Waals surface area contributed by atoms with Crippen molar-refractivity contribution in [1.29, 1.82) is 0 Å². The zero-order valence-electron chi connectivity index (χ0n) is 19.0. The monoisotopic (exact) mass is 467 g/mol. The number of nitrogens with one attached hydrogen (secondary N) is 1. The Morgan fingerprint density at radius 3 is 2.51 bits per heavy atom. The van der Waals surface area contributed by atoms with Crippen LogP contribution in [0.2, 0.25) is 0 Å². The van der Waals surface area contributed by atoms with E-state index in [1.807, 2.05) is 6.92 Å². The van der Waals surface area contributed by atoms with Crippen molar-refractivity contribution >= 4 is 17.3 Å². The molecule has 4 N–H and O–H groups in total. The van der Waals surface area contributed by atoms with Crippen LogP contribution in [-0.4, -0.2) is 50.7 Å². The average molecular weight is 467 g/mol. The number of aliphatic hydroxyl groups excluding tert-OH is 2. The van der Waals surface area contributed by atoms with Crippen LogP contribution in [0.5, 0.6) is 5.75 Å². The molecular weight excluding hydrogens is 446 g/mol. The van der Waals surface area contributed by atoms with E-state index in [0.29, 0.717) is 6.42 Å². The average Bonchev–Trinajstić information content (AvgIpc) is 3.57. The lowest BCUT2D eigenvalue weighted by atomic mass is 9.69. The number of anilines is 1. The molecule has 5 atom stereocenters. The minimum Gasteiger partial charge on any atom is -0.507 e. The van der Waals surface area contributed by atoms with Gasteiger partial charge < -0.3 is 25.4 Å². The van der Waals surface area contributed by atoms with Gasteiger partial charge in [0.2, 0.25) is 0 Å². The van der Waals surface area contributed by atoms with Crippen LogP contribution in [0, 0.1) is 23.7 Å². The molecule has 4 aliphatic rings. The standard InChI is InChI=1S/C28H21NO6/c1-3-15-10-11-16-17(12-15)26(34)22-19(31)13-18-24(23(22)25(16)33)29-20-8-6-4-5-7-9-21(32)28(18)27(20,35-28)14(2)30/h4-5,10-14,20-21,29-32H,3H2,1-2H3/b5-4-/t14-,20+,21-,27+,28+/m1/s1. The number of epoxide rings is 1. The number of hydrogen-bond donors (Lipinski definition) is 4. The SMILES string of the molecule is CCc1ccc2c(c1)C(=O)c1c(O)cc3c(c1C2=O)N[C@H]1C#C/C=C\C#C[C@@H](O)[C@@]32O[C@@]12[C@@H](C)O. The first-order valence-electron chi connectivity index (χ1n) is 11.4. The number of aromatic hydroxyl groups is 1. The summed E-state index contributed by atoms with van der Waals surface area (Å²) in [6.45, 7) is 3.48. The van der Waals surface area contributed by atoms with E-state index in [9.17, 15) is 24.9 Å². The summed E-state index contributed by atoms with van der Waals surface area (Å²) in [5.74, 6) is 9.99. The number of benzene rings is 2. The highest BCUT2D eigenvalue weighted by atomic mass is 16.7. The Bertz CT molecular complexity index is 1510. The zero-order chi connectivity index (χ0) is 24.7. The lowest BCUT2D eigenvalue weighted by Crippen LogP contribution is -2.54. The van der Waals surface area contributed by atoms with E-state index in [0.717, 1.165) is 5.56 Å². The third kappa shape index (κ3) is 2.53. The molecule has 7 nitrogen and oxygen atoms in total. The Labute approximate surface area is 201 Å². The molecule has 0 spiro atoms. The number of carbonyl (C=O) groups is 2. The molecule has 0 saturated carbocycles. The first kappa shape index (κ1) is 21.6. The summed E-state index contributed by atoms with van der Waals surface area (Å²) < 4.78 is 6.15. The van der Waals surface area contributed by atoms with Gasteiger partial charge in [0.05, 0.1) is 22.9 Å². The fourth-order valence-corrected chi connectivity index (χ4v) is 5.71. The molecule has 7 heteroatoms. The summed E-state index contributed by atoms with van der Waals surface area (Å²) in [4.78, 5) is 27.3. The van der Waals surface area contributed by atoms with Crippen LogP contribution in [0.4, 0.5) is 5.69 Å². The van der Waals surface area contributed by atoms with E-state index in [2.05, 4.69) is 29.0 Å². The summed E-state index contributed by atoms with van der Waals surface area (Å²) in [7, 11) is 0. The molecule has 2 aliphatic heterocycles. The number of allylic oxidation sites excluding steroid dienone is 2. The number of ketones is 2. The van der Waals surface area contributed by atoms with Crippen LogP contribution in [0.15, 0.2) is 36.4 Å². The van der Waals surface area contributed by atoms with Crippen molar-refractivity contribution in [2.75, 3.05) is 5.32 Å². The van der Waals surface area contributed by atoms with Crippen LogP contribution in [0.1, 0.15) is 56.8 Å². The van der Waals surface area contributed by atoms with Crippen LogP contribution >= 0.6 is 0 Å². The lowest BCUT2D eigenvalue weighted by molar-refractivity contribution is 0.0867. The quantitative estimate of drug-likeness (QED) is 0.258. The van der Waals surface area contributed by atoms with Gasteiger partial charge in [-0.3, -0.25) is 9.59 Å². The lowest BCUT2D eigenvalue weighted by Gasteiger charge is -2.37. The summed E-state index contributed by atoms with van der Waals surface area (Å²) in [5, 5.41) is 36.2. The molecule has 0 radical (unpaired) electrons. The number of aryl methyl sites for hydroxylation is 1. The Morgan fingerprint density at radius 2 is 1.80 bits per heavy atom. The molecule has 2 aromatic carbocycles. The molecule has 0 aromatic heterocycles. The topological polar surface area (TPSA) is 119 Å². The van der Waals surface area contributed by atoms with E-state index in [1.54, 1.807) is 18.2 Å². The second-order valence-electron chi connectivity index (χ2n) is 9.16. The maximum atomic E-state index is 13.8. The number of aliphatic hydroxyl groups is 2. The summed E-state index contributed by atoms with van der Waals surface area (Å²) in [6, 6.07) is 5.59. The van der Waals surface area contributed by atoms with Gasteiger partial charge in [-0.1, -0.05) is 42.7 Å². The number of rotatable bonds is 2. The van der Waals surface area contributed by atoms with Gasteiger partial charge in [-0.2, -0.15) is 0 Å². The van der Waals surface area contributed by atoms with Crippen molar-refractivity contribution in [2.45, 2.75) is 49.7 Å². The van der Waals surface area contributed by atoms with Gasteiger partial charge in [0, 0.05) is 16.7 Å². The maximum Gasteiger partial charge on any atom is 0.198 e. The van der Waals surface area contributed by atoms with E-state index >= 15 is 0 Å². The molecule has 6 rings (SSSR count). The van der Waals surface area contributed by atoms with Crippen molar-refractivity contribution in [3.8, 4) is 29.4 Å². The molecule has 1 fully saturated rings. The first-order valence-corrected chi connectivity index (χ1v) is 11.4. The smallest absolute Gasteiger partial charge is 0.198 e. The van der Waals surface area contributed by atoms with Gasteiger partial charge in [-0.15, -0.1) is 0 Å². The fourth-order valence-electron chi connectivity index (χ4n) is 5.71. The Morgan fingerprint density at radius 1 is 1.09 bits per heavy atom. The third-order valence-electron chi connectivity index (χ3n) is 7.43. The summed E-state index contributed by atoms with van der Waals surface area (Å²) in [6.07, 6.45) is 1.20. The number of ether oxygens (including phenoxy) is 1. The van der Waals surface area contributed by atoms with Crippen LogP contribution < -0.4 is 5.32 Å². The highest BCUT2D eigenvalue weighted by molar-refractivity contribution is 6.31. The van der Waals surface area contributed by atoms with Crippen molar-refractivity contribution < 1.29 is 29.6 Å². The number of fused-ring (bicyclic) bond motifs is 4. The van der Waals surface area contributed by atoms with E-state index in [1.165, 1.54) is 25.1 Å². The third-order valence-corrected chi connectivity index (χ3v) is 7.43. The molecule has 0 amide bonds. The summed E-state index contributed by atoms with van der Waals surface area (Å²) >= 11 is 0. The number of carbonyl (C=O) groups excluding carboxylic acids is 2. The van der Waals surface area contributed by atoms with Crippen molar-refractivity contribution in [3.05, 3.63) is 69.8 Å². The largest absolute Gasteiger partial charge is 0.507 e. The fraction of sp³-hybridized carbons (Fsp3) is 0.286.